The number of fused-ring (bicyclic) bond motifs is 1. The van der Waals surface area contributed by atoms with Gasteiger partial charge in [0.1, 0.15) is 0 Å². The van der Waals surface area contributed by atoms with Gasteiger partial charge in [0.05, 0.1) is 17.5 Å². The zero-order chi connectivity index (χ0) is 19.2. The highest BCUT2D eigenvalue weighted by Crippen LogP contribution is 2.41. The SMILES string of the molecule is Cc1cc(C)cc(N2C(=NC(=O)c3ccccc3)S[C@H]3CS(=O)(=O)C[C@@H]32)c1. The van der Waals surface area contributed by atoms with E-state index in [1.807, 2.05) is 36.9 Å². The van der Waals surface area contributed by atoms with Gasteiger partial charge in [0, 0.05) is 16.5 Å². The number of sulfone groups is 1. The number of benzene rings is 2. The van der Waals surface area contributed by atoms with Gasteiger partial charge in [0.2, 0.25) is 0 Å². The van der Waals surface area contributed by atoms with Crippen LogP contribution < -0.4 is 4.90 Å². The van der Waals surface area contributed by atoms with E-state index in [9.17, 15) is 13.2 Å². The number of carbonyl (C=O) groups excluding carboxylic acids is 1. The van der Waals surface area contributed by atoms with Crippen LogP contribution in [0.2, 0.25) is 0 Å². The van der Waals surface area contributed by atoms with Gasteiger partial charge in [-0.15, -0.1) is 0 Å². The van der Waals surface area contributed by atoms with Crippen LogP contribution in [0.5, 0.6) is 0 Å². The summed E-state index contributed by atoms with van der Waals surface area (Å²) in [7, 11) is -3.07. The molecule has 2 aliphatic rings. The van der Waals surface area contributed by atoms with Crippen molar-refractivity contribution in [3.63, 3.8) is 0 Å². The van der Waals surface area contributed by atoms with E-state index in [1.54, 1.807) is 24.3 Å². The van der Waals surface area contributed by atoms with E-state index in [2.05, 4.69) is 11.1 Å². The first-order valence-electron chi connectivity index (χ1n) is 8.75. The highest BCUT2D eigenvalue weighted by Gasteiger charge is 2.49. The van der Waals surface area contributed by atoms with Crippen molar-refractivity contribution in [1.29, 1.82) is 0 Å². The van der Waals surface area contributed by atoms with E-state index < -0.39 is 9.84 Å². The highest BCUT2D eigenvalue weighted by molar-refractivity contribution is 8.16. The van der Waals surface area contributed by atoms with Gasteiger partial charge in [0.15, 0.2) is 15.0 Å². The Kier molecular flexibility index (Phi) is 4.60. The van der Waals surface area contributed by atoms with Gasteiger partial charge in [-0.05, 0) is 49.2 Å². The normalized spacial score (nSPS) is 25.0. The van der Waals surface area contributed by atoms with Crippen LogP contribution in [0.4, 0.5) is 5.69 Å². The van der Waals surface area contributed by atoms with Crippen molar-refractivity contribution in [2.45, 2.75) is 25.1 Å². The predicted octanol–water partition coefficient (Wildman–Crippen LogP) is 3.22. The van der Waals surface area contributed by atoms with Gasteiger partial charge in [0.25, 0.3) is 5.91 Å². The molecular weight excluding hydrogens is 380 g/mol. The van der Waals surface area contributed by atoms with Gasteiger partial charge >= 0.3 is 0 Å². The van der Waals surface area contributed by atoms with Crippen LogP contribution in [0.3, 0.4) is 0 Å². The number of hydrogen-bond acceptors (Lipinski definition) is 4. The molecule has 0 bridgehead atoms. The Morgan fingerprint density at radius 2 is 1.74 bits per heavy atom. The van der Waals surface area contributed by atoms with Crippen molar-refractivity contribution in [2.75, 3.05) is 16.4 Å². The number of hydrogen-bond donors (Lipinski definition) is 0. The second-order valence-corrected chi connectivity index (χ2v) is 10.4. The largest absolute Gasteiger partial charge is 0.316 e. The summed E-state index contributed by atoms with van der Waals surface area (Å²) >= 11 is 1.40. The van der Waals surface area contributed by atoms with Crippen LogP contribution in [-0.4, -0.2) is 42.3 Å². The van der Waals surface area contributed by atoms with E-state index in [-0.39, 0.29) is 28.7 Å². The molecule has 2 aliphatic heterocycles. The van der Waals surface area contributed by atoms with E-state index >= 15 is 0 Å². The monoisotopic (exact) mass is 400 g/mol. The fraction of sp³-hybridized carbons (Fsp3) is 0.300. The lowest BCUT2D eigenvalue weighted by Gasteiger charge is -2.25. The second-order valence-electron chi connectivity index (χ2n) is 7.08. The average molecular weight is 401 g/mol. The lowest BCUT2D eigenvalue weighted by atomic mass is 10.1. The smallest absolute Gasteiger partial charge is 0.279 e. The first-order chi connectivity index (χ1) is 12.8. The number of carbonyl (C=O) groups is 1. The fourth-order valence-corrected chi connectivity index (χ4v) is 7.60. The zero-order valence-electron chi connectivity index (χ0n) is 15.1. The number of aryl methyl sites for hydroxylation is 2. The molecular formula is C20H20N2O3S2. The number of anilines is 1. The topological polar surface area (TPSA) is 66.8 Å². The molecule has 4 rings (SSSR count). The van der Waals surface area contributed by atoms with Crippen molar-refractivity contribution < 1.29 is 13.2 Å². The molecule has 2 atom stereocenters. The molecule has 0 aromatic heterocycles. The zero-order valence-corrected chi connectivity index (χ0v) is 16.8. The van der Waals surface area contributed by atoms with Crippen molar-refractivity contribution in [3.05, 3.63) is 65.2 Å². The first-order valence-corrected chi connectivity index (χ1v) is 11.5. The Labute approximate surface area is 163 Å². The molecule has 5 nitrogen and oxygen atoms in total. The second kappa shape index (κ2) is 6.80. The molecule has 1 amide bonds. The number of nitrogens with zero attached hydrogens (tertiary/aromatic N) is 2. The van der Waals surface area contributed by atoms with Crippen LogP contribution in [-0.2, 0) is 9.84 Å². The highest BCUT2D eigenvalue weighted by atomic mass is 32.2. The number of aliphatic imine (C=N–C) groups is 1. The molecule has 0 aliphatic carbocycles. The Bertz CT molecular complexity index is 1010. The van der Waals surface area contributed by atoms with Crippen molar-refractivity contribution in [1.82, 2.24) is 0 Å². The number of amidine groups is 1. The maximum Gasteiger partial charge on any atom is 0.279 e. The van der Waals surface area contributed by atoms with Crippen LogP contribution in [0, 0.1) is 13.8 Å². The third-order valence-corrected chi connectivity index (χ3v) is 7.98. The first kappa shape index (κ1) is 18.3. The molecule has 0 N–H and O–H groups in total. The molecule has 2 heterocycles. The van der Waals surface area contributed by atoms with E-state index in [0.717, 1.165) is 16.8 Å². The third-order valence-electron chi connectivity index (χ3n) is 4.77. The van der Waals surface area contributed by atoms with E-state index in [1.165, 1.54) is 11.8 Å². The molecule has 2 saturated heterocycles. The fourth-order valence-electron chi connectivity index (χ4n) is 3.69. The Hall–Kier alpha value is -2.12. The molecule has 2 fully saturated rings. The summed E-state index contributed by atoms with van der Waals surface area (Å²) in [6.45, 7) is 4.02. The number of amides is 1. The minimum absolute atomic E-state index is 0.0935. The summed E-state index contributed by atoms with van der Waals surface area (Å²) in [5, 5.41) is 0.483. The van der Waals surface area contributed by atoms with Gasteiger partial charge < -0.3 is 4.90 Å². The predicted molar refractivity (Wildman–Crippen MR) is 110 cm³/mol. The molecule has 27 heavy (non-hydrogen) atoms. The molecule has 0 spiro atoms. The molecule has 0 unspecified atom stereocenters. The van der Waals surface area contributed by atoms with Crippen LogP contribution in [0.25, 0.3) is 0 Å². The minimum Gasteiger partial charge on any atom is -0.316 e. The van der Waals surface area contributed by atoms with Crippen molar-refractivity contribution in [2.24, 2.45) is 4.99 Å². The lowest BCUT2D eigenvalue weighted by molar-refractivity contribution is 0.100. The van der Waals surface area contributed by atoms with E-state index in [4.69, 9.17) is 0 Å². The maximum absolute atomic E-state index is 12.6. The van der Waals surface area contributed by atoms with E-state index in [0.29, 0.717) is 10.7 Å². The molecule has 2 aromatic rings. The third kappa shape index (κ3) is 3.66. The van der Waals surface area contributed by atoms with Crippen molar-refractivity contribution in [3.8, 4) is 0 Å². The summed E-state index contributed by atoms with van der Waals surface area (Å²) in [6, 6.07) is 14.8. The molecule has 7 heteroatoms. The van der Waals surface area contributed by atoms with Crippen LogP contribution in [0.15, 0.2) is 53.5 Å². The van der Waals surface area contributed by atoms with Gasteiger partial charge in [-0.1, -0.05) is 36.0 Å². The number of rotatable bonds is 2. The summed E-state index contributed by atoms with van der Waals surface area (Å²) in [5.41, 5.74) is 3.60. The van der Waals surface area contributed by atoms with Gasteiger partial charge in [-0.3, -0.25) is 4.79 Å². The molecule has 0 radical (unpaired) electrons. The Balaban J connectivity index is 1.76. The van der Waals surface area contributed by atoms with Crippen molar-refractivity contribution >= 4 is 38.4 Å². The number of thioether (sulfide) groups is 1. The Morgan fingerprint density at radius 1 is 1.07 bits per heavy atom. The molecule has 2 aromatic carbocycles. The standard InChI is InChI=1S/C20H20N2O3S2/c1-13-8-14(2)10-16(9-13)22-17-11-27(24,25)12-18(17)26-20(22)21-19(23)15-6-4-3-5-7-15/h3-10,17-18H,11-12H2,1-2H3/t17-,18-/m0/s1. The van der Waals surface area contributed by atoms with Gasteiger partial charge in [-0.2, -0.15) is 4.99 Å². The summed E-state index contributed by atoms with van der Waals surface area (Å²) in [4.78, 5) is 18.9. The van der Waals surface area contributed by atoms with Gasteiger partial charge in [-0.25, -0.2) is 8.42 Å². The summed E-state index contributed by atoms with van der Waals surface area (Å²) in [6.07, 6.45) is 0. The Morgan fingerprint density at radius 3 is 2.41 bits per heavy atom. The lowest BCUT2D eigenvalue weighted by Crippen LogP contribution is -2.37. The van der Waals surface area contributed by atoms with Crippen LogP contribution in [0.1, 0.15) is 21.5 Å². The van der Waals surface area contributed by atoms with Crippen LogP contribution >= 0.6 is 11.8 Å². The summed E-state index contributed by atoms with van der Waals surface area (Å²) < 4.78 is 24.3. The maximum atomic E-state index is 12.6. The quantitative estimate of drug-likeness (QED) is 0.774. The molecule has 0 saturated carbocycles. The molecule has 140 valence electrons. The average Bonchev–Trinajstić information content (AvgIpc) is 3.05. The summed E-state index contributed by atoms with van der Waals surface area (Å²) in [5.74, 6) is -0.0893. The minimum atomic E-state index is -3.07.